The first kappa shape index (κ1) is 22.4. The lowest BCUT2D eigenvalue weighted by Crippen LogP contribution is -2.45. The summed E-state index contributed by atoms with van der Waals surface area (Å²) in [5.41, 5.74) is 3.80. The predicted molar refractivity (Wildman–Crippen MR) is 131 cm³/mol. The zero-order valence-electron chi connectivity index (χ0n) is 19.2. The topological polar surface area (TPSA) is 129 Å². The predicted octanol–water partition coefficient (Wildman–Crippen LogP) is 3.40. The number of hydrogen-bond acceptors (Lipinski definition) is 6. The molecule has 3 heterocycles. The number of imidazole rings is 1. The monoisotopic (exact) mass is 471 g/mol. The lowest BCUT2D eigenvalue weighted by Gasteiger charge is -2.15. The molecule has 0 radical (unpaired) electrons. The summed E-state index contributed by atoms with van der Waals surface area (Å²) in [5.74, 6) is 0.522. The smallest absolute Gasteiger partial charge is 0.252 e. The Balaban J connectivity index is 1.44. The van der Waals surface area contributed by atoms with Crippen LogP contribution in [-0.2, 0) is 4.79 Å². The van der Waals surface area contributed by atoms with Crippen LogP contribution < -0.4 is 15.4 Å². The maximum Gasteiger partial charge on any atom is 0.252 e. The molecule has 35 heavy (non-hydrogen) atoms. The van der Waals surface area contributed by atoms with Crippen LogP contribution in [0.15, 0.2) is 54.7 Å². The van der Waals surface area contributed by atoms with E-state index in [0.717, 1.165) is 24.0 Å². The Morgan fingerprint density at radius 1 is 1.14 bits per heavy atom. The summed E-state index contributed by atoms with van der Waals surface area (Å²) in [7, 11) is 1.56. The first-order valence-electron chi connectivity index (χ1n) is 11.4. The molecule has 2 amide bonds. The molecular weight excluding hydrogens is 446 g/mol. The third-order valence-electron chi connectivity index (χ3n) is 6.11. The van der Waals surface area contributed by atoms with E-state index in [1.807, 2.05) is 18.2 Å². The number of aromatic nitrogens is 3. The highest BCUT2D eigenvalue weighted by atomic mass is 16.5. The summed E-state index contributed by atoms with van der Waals surface area (Å²) in [6.45, 7) is 0.634. The molecule has 2 aromatic heterocycles. The fraction of sp³-hybridized carbons (Fsp3) is 0.231. The van der Waals surface area contributed by atoms with Gasteiger partial charge >= 0.3 is 0 Å². The lowest BCUT2D eigenvalue weighted by molar-refractivity contribution is -0.122. The molecule has 1 fully saturated rings. The van der Waals surface area contributed by atoms with Crippen LogP contribution in [0.2, 0.25) is 0 Å². The van der Waals surface area contributed by atoms with Gasteiger partial charge in [-0.15, -0.1) is 0 Å². The Bertz CT molecular complexity index is 1410. The van der Waals surface area contributed by atoms with E-state index in [2.05, 4.69) is 25.6 Å². The largest absolute Gasteiger partial charge is 0.507 e. The Kier molecular flexibility index (Phi) is 6.05. The van der Waals surface area contributed by atoms with Crippen LogP contribution in [-0.4, -0.2) is 51.6 Å². The molecule has 0 spiro atoms. The number of ether oxygens (including phenoxy) is 1. The Morgan fingerprint density at radius 2 is 2.03 bits per heavy atom. The van der Waals surface area contributed by atoms with Crippen LogP contribution in [0.3, 0.4) is 0 Å². The number of methoxy groups -OCH3 is 1. The number of pyridine rings is 1. The summed E-state index contributed by atoms with van der Waals surface area (Å²) in [5, 5.41) is 16.2. The summed E-state index contributed by atoms with van der Waals surface area (Å²) in [6, 6.07) is 13.5. The Morgan fingerprint density at radius 3 is 2.89 bits per heavy atom. The van der Waals surface area contributed by atoms with Crippen molar-refractivity contribution in [2.45, 2.75) is 25.3 Å². The SMILES string of the molecule is COc1ncccc1-c1ccc(O)c(-c2nc3cc(C(=O)NC4CCCCNC4=O)ccc3[nH]2)c1. The molecule has 1 aliphatic heterocycles. The fourth-order valence-corrected chi connectivity index (χ4v) is 4.26. The second-order valence-electron chi connectivity index (χ2n) is 8.42. The van der Waals surface area contributed by atoms with Gasteiger partial charge in [0.05, 0.1) is 23.7 Å². The maximum absolute atomic E-state index is 12.8. The highest BCUT2D eigenvalue weighted by Crippen LogP contribution is 2.35. The molecule has 0 saturated carbocycles. The molecule has 9 heteroatoms. The van der Waals surface area contributed by atoms with E-state index in [4.69, 9.17) is 4.74 Å². The van der Waals surface area contributed by atoms with Crippen molar-refractivity contribution >= 4 is 22.8 Å². The molecule has 9 nitrogen and oxygen atoms in total. The number of nitrogens with zero attached hydrogens (tertiary/aromatic N) is 2. The van der Waals surface area contributed by atoms with Crippen molar-refractivity contribution in [3.05, 3.63) is 60.3 Å². The highest BCUT2D eigenvalue weighted by molar-refractivity contribution is 6.00. The molecule has 0 bridgehead atoms. The molecule has 1 atom stereocenters. The van der Waals surface area contributed by atoms with E-state index in [9.17, 15) is 14.7 Å². The summed E-state index contributed by atoms with van der Waals surface area (Å²) in [4.78, 5) is 37.1. The van der Waals surface area contributed by atoms with Crippen LogP contribution in [0, 0.1) is 0 Å². The third kappa shape index (κ3) is 4.52. The summed E-state index contributed by atoms with van der Waals surface area (Å²) in [6.07, 6.45) is 4.04. The minimum absolute atomic E-state index is 0.0630. The van der Waals surface area contributed by atoms with Crippen molar-refractivity contribution < 1.29 is 19.4 Å². The van der Waals surface area contributed by atoms with Crippen LogP contribution in [0.25, 0.3) is 33.5 Å². The number of benzene rings is 2. The standard InChI is InChI=1S/C26H25N5O4/c1-35-26-17(5-4-12-28-26)15-8-10-22(32)18(13-15)23-29-19-9-7-16(14-21(19)30-23)24(33)31-20-6-2-3-11-27-25(20)34/h4-5,7-10,12-14,20,32H,2-3,6,11H2,1H3,(H,27,34)(H,29,30)(H,31,33). The van der Waals surface area contributed by atoms with Crippen molar-refractivity contribution in [1.82, 2.24) is 25.6 Å². The van der Waals surface area contributed by atoms with Gasteiger partial charge in [0, 0.05) is 23.9 Å². The van der Waals surface area contributed by atoms with E-state index in [0.29, 0.717) is 46.8 Å². The number of carbonyl (C=O) groups excluding carboxylic acids is 2. The zero-order valence-corrected chi connectivity index (χ0v) is 19.2. The van der Waals surface area contributed by atoms with E-state index >= 15 is 0 Å². The van der Waals surface area contributed by atoms with Gasteiger partial charge in [-0.1, -0.05) is 6.07 Å². The number of phenols is 1. The van der Waals surface area contributed by atoms with Crippen LogP contribution >= 0.6 is 0 Å². The number of nitrogens with one attached hydrogen (secondary N) is 3. The molecular formula is C26H25N5O4. The number of H-pyrrole nitrogens is 1. The van der Waals surface area contributed by atoms with E-state index in [1.54, 1.807) is 43.6 Å². The normalized spacial score (nSPS) is 15.9. The number of aromatic hydroxyl groups is 1. The number of hydrogen-bond donors (Lipinski definition) is 4. The summed E-state index contributed by atoms with van der Waals surface area (Å²) >= 11 is 0. The van der Waals surface area contributed by atoms with Crippen molar-refractivity contribution in [2.24, 2.45) is 0 Å². The molecule has 4 aromatic rings. The molecule has 1 saturated heterocycles. The molecule has 1 unspecified atom stereocenters. The maximum atomic E-state index is 12.8. The van der Waals surface area contributed by atoms with Gasteiger partial charge in [0.15, 0.2) is 0 Å². The van der Waals surface area contributed by atoms with Gasteiger partial charge in [0.25, 0.3) is 5.91 Å². The average Bonchev–Trinajstić information content (AvgIpc) is 3.20. The van der Waals surface area contributed by atoms with E-state index in [1.165, 1.54) is 0 Å². The molecule has 178 valence electrons. The van der Waals surface area contributed by atoms with Crippen molar-refractivity contribution in [2.75, 3.05) is 13.7 Å². The average molecular weight is 472 g/mol. The second kappa shape index (κ2) is 9.46. The Hall–Kier alpha value is -4.40. The van der Waals surface area contributed by atoms with Crippen LogP contribution in [0.1, 0.15) is 29.6 Å². The minimum atomic E-state index is -0.542. The molecule has 5 rings (SSSR count). The number of fused-ring (bicyclic) bond motifs is 1. The van der Waals surface area contributed by atoms with Gasteiger partial charge < -0.3 is 25.5 Å². The van der Waals surface area contributed by atoms with Crippen molar-refractivity contribution in [3.8, 4) is 34.1 Å². The molecule has 2 aromatic carbocycles. The number of amides is 2. The van der Waals surface area contributed by atoms with E-state index in [-0.39, 0.29) is 17.6 Å². The van der Waals surface area contributed by atoms with Crippen molar-refractivity contribution in [1.29, 1.82) is 0 Å². The highest BCUT2D eigenvalue weighted by Gasteiger charge is 2.23. The number of rotatable bonds is 5. The van der Waals surface area contributed by atoms with Gasteiger partial charge in [0.2, 0.25) is 11.8 Å². The van der Waals surface area contributed by atoms with Gasteiger partial charge in [-0.3, -0.25) is 9.59 Å². The first-order chi connectivity index (χ1) is 17.0. The van der Waals surface area contributed by atoms with Gasteiger partial charge in [-0.25, -0.2) is 9.97 Å². The third-order valence-corrected chi connectivity index (χ3v) is 6.11. The van der Waals surface area contributed by atoms with Gasteiger partial charge in [-0.05, 0) is 67.3 Å². The van der Waals surface area contributed by atoms with Crippen LogP contribution in [0.5, 0.6) is 11.6 Å². The van der Waals surface area contributed by atoms with Crippen LogP contribution in [0.4, 0.5) is 0 Å². The minimum Gasteiger partial charge on any atom is -0.507 e. The van der Waals surface area contributed by atoms with Gasteiger partial charge in [-0.2, -0.15) is 0 Å². The lowest BCUT2D eigenvalue weighted by atomic mass is 10.0. The first-order valence-corrected chi connectivity index (χ1v) is 11.4. The quantitative estimate of drug-likeness (QED) is 0.353. The number of phenolic OH excluding ortho intramolecular Hbond substituents is 1. The van der Waals surface area contributed by atoms with E-state index < -0.39 is 6.04 Å². The number of aromatic amines is 1. The zero-order chi connectivity index (χ0) is 24.4. The molecule has 1 aliphatic rings. The van der Waals surface area contributed by atoms with Gasteiger partial charge in [0.1, 0.15) is 17.6 Å². The molecule has 4 N–H and O–H groups in total. The number of carbonyl (C=O) groups is 2. The fourth-order valence-electron chi connectivity index (χ4n) is 4.26. The molecule has 0 aliphatic carbocycles. The summed E-state index contributed by atoms with van der Waals surface area (Å²) < 4.78 is 5.37. The van der Waals surface area contributed by atoms with Crippen molar-refractivity contribution in [3.63, 3.8) is 0 Å². The Labute approximate surface area is 201 Å². The second-order valence-corrected chi connectivity index (χ2v) is 8.42.